The highest BCUT2D eigenvalue weighted by Gasteiger charge is 2.39. The number of carbonyl (C=O) groups is 2. The number of para-hydroxylation sites is 1. The molecule has 0 radical (unpaired) electrons. The van der Waals surface area contributed by atoms with E-state index in [1.54, 1.807) is 13.4 Å². The topological polar surface area (TPSA) is 134 Å². The van der Waals surface area contributed by atoms with Crippen LogP contribution in [0.15, 0.2) is 65.4 Å². The van der Waals surface area contributed by atoms with Crippen LogP contribution in [0.2, 0.25) is 0 Å². The van der Waals surface area contributed by atoms with Gasteiger partial charge in [0.25, 0.3) is 0 Å². The SMILES string of the molecule is COc1ccccc1-c1ccc2c(C3CN(Cc4ccco4)CCN3C)nnn2c1.O=C(O)C(F)(F)F.O=C(O)C(F)(F)F. The average molecular weight is 632 g/mol. The number of carboxylic acid groups (broad SMARTS) is 2. The zero-order valence-electron chi connectivity index (χ0n) is 23.2. The molecule has 44 heavy (non-hydrogen) atoms. The molecule has 1 unspecified atom stereocenters. The Morgan fingerprint density at radius 3 is 2.18 bits per heavy atom. The minimum atomic E-state index is -5.08. The molecule has 17 heteroatoms. The van der Waals surface area contributed by atoms with E-state index in [0.29, 0.717) is 0 Å². The van der Waals surface area contributed by atoms with Gasteiger partial charge in [-0.05, 0) is 31.3 Å². The molecule has 4 aromatic rings. The molecule has 2 N–H and O–H groups in total. The number of piperazine rings is 1. The Bertz CT molecular complexity index is 1520. The van der Waals surface area contributed by atoms with E-state index in [1.165, 1.54) is 0 Å². The van der Waals surface area contributed by atoms with Crippen molar-refractivity contribution in [3.05, 3.63) is 72.4 Å². The molecule has 11 nitrogen and oxygen atoms in total. The van der Waals surface area contributed by atoms with Crippen LogP contribution in [0.4, 0.5) is 26.3 Å². The number of hydrogen-bond acceptors (Lipinski definition) is 8. The van der Waals surface area contributed by atoms with Gasteiger partial charge in [-0.2, -0.15) is 26.3 Å². The quantitative estimate of drug-likeness (QED) is 0.297. The summed E-state index contributed by atoms with van der Waals surface area (Å²) in [5.41, 5.74) is 4.13. The second-order valence-corrected chi connectivity index (χ2v) is 9.34. The number of hydrogen-bond donors (Lipinski definition) is 2. The maximum atomic E-state index is 10.6. The van der Waals surface area contributed by atoms with Gasteiger partial charge in [0.05, 0.1) is 31.5 Å². The van der Waals surface area contributed by atoms with Crippen molar-refractivity contribution in [2.24, 2.45) is 0 Å². The van der Waals surface area contributed by atoms with Gasteiger partial charge in [-0.15, -0.1) is 5.10 Å². The van der Waals surface area contributed by atoms with Gasteiger partial charge in [-0.1, -0.05) is 29.5 Å². The lowest BCUT2D eigenvalue weighted by Crippen LogP contribution is -2.46. The number of alkyl halides is 6. The second-order valence-electron chi connectivity index (χ2n) is 9.34. The van der Waals surface area contributed by atoms with Crippen LogP contribution in [0.1, 0.15) is 17.5 Å². The van der Waals surface area contributed by atoms with Gasteiger partial charge in [0.1, 0.15) is 17.2 Å². The number of benzene rings is 1. The number of likely N-dealkylation sites (N-methyl/N-ethyl adjacent to an activating group) is 1. The van der Waals surface area contributed by atoms with E-state index < -0.39 is 24.3 Å². The number of furan rings is 1. The minimum Gasteiger partial charge on any atom is -0.496 e. The summed E-state index contributed by atoms with van der Waals surface area (Å²) < 4.78 is 76.4. The number of halogens is 6. The van der Waals surface area contributed by atoms with Crippen molar-refractivity contribution in [2.75, 3.05) is 33.8 Å². The molecule has 1 fully saturated rings. The molecule has 0 bridgehead atoms. The van der Waals surface area contributed by atoms with E-state index in [2.05, 4.69) is 45.4 Å². The minimum absolute atomic E-state index is 0.184. The number of rotatable bonds is 5. The summed E-state index contributed by atoms with van der Waals surface area (Å²) in [6.07, 6.45) is -6.41. The summed E-state index contributed by atoms with van der Waals surface area (Å²) in [5, 5.41) is 23.3. The number of aliphatic carboxylic acids is 2. The molecular formula is C27H27F6N5O6. The van der Waals surface area contributed by atoms with E-state index in [-0.39, 0.29) is 6.04 Å². The normalized spacial score (nSPS) is 16.0. The number of nitrogens with zero attached hydrogens (tertiary/aromatic N) is 5. The zero-order valence-corrected chi connectivity index (χ0v) is 23.2. The van der Waals surface area contributed by atoms with Gasteiger partial charge in [-0.25, -0.2) is 14.1 Å². The van der Waals surface area contributed by atoms with E-state index in [9.17, 15) is 26.3 Å². The number of carboxylic acids is 2. The van der Waals surface area contributed by atoms with Gasteiger partial charge in [0, 0.05) is 37.0 Å². The molecule has 3 aromatic heterocycles. The number of pyridine rings is 1. The fraction of sp³-hybridized carbons (Fsp3) is 0.333. The Morgan fingerprint density at radius 1 is 0.977 bits per heavy atom. The maximum absolute atomic E-state index is 10.6. The first kappa shape index (κ1) is 33.9. The summed E-state index contributed by atoms with van der Waals surface area (Å²) in [5.74, 6) is -3.68. The molecule has 0 spiro atoms. The van der Waals surface area contributed by atoms with Crippen LogP contribution in [0.5, 0.6) is 5.75 Å². The van der Waals surface area contributed by atoms with Gasteiger partial charge in [0.2, 0.25) is 0 Å². The van der Waals surface area contributed by atoms with Crippen LogP contribution >= 0.6 is 0 Å². The lowest BCUT2D eigenvalue weighted by Gasteiger charge is -2.38. The van der Waals surface area contributed by atoms with Crippen LogP contribution in [0.25, 0.3) is 16.6 Å². The van der Waals surface area contributed by atoms with Crippen molar-refractivity contribution < 1.29 is 55.3 Å². The van der Waals surface area contributed by atoms with Crippen LogP contribution in [-0.2, 0) is 16.1 Å². The summed E-state index contributed by atoms with van der Waals surface area (Å²) in [4.78, 5) is 22.6. The summed E-state index contributed by atoms with van der Waals surface area (Å²) >= 11 is 0. The van der Waals surface area contributed by atoms with Crippen LogP contribution in [-0.4, -0.2) is 92.9 Å². The highest BCUT2D eigenvalue weighted by atomic mass is 19.4. The predicted octanol–water partition coefficient (Wildman–Crippen LogP) is 4.75. The van der Waals surface area contributed by atoms with E-state index in [1.807, 2.05) is 41.0 Å². The largest absolute Gasteiger partial charge is 0.496 e. The van der Waals surface area contributed by atoms with Gasteiger partial charge in [0.15, 0.2) is 0 Å². The number of ether oxygens (including phenoxy) is 1. The molecular weight excluding hydrogens is 604 g/mol. The molecule has 1 atom stereocenters. The fourth-order valence-corrected chi connectivity index (χ4v) is 4.19. The van der Waals surface area contributed by atoms with Crippen molar-refractivity contribution in [2.45, 2.75) is 24.9 Å². The van der Waals surface area contributed by atoms with E-state index in [4.69, 9.17) is 29.0 Å². The molecule has 1 saturated heterocycles. The number of aromatic nitrogens is 3. The fourth-order valence-electron chi connectivity index (χ4n) is 4.19. The summed E-state index contributed by atoms with van der Waals surface area (Å²) in [7, 11) is 3.85. The maximum Gasteiger partial charge on any atom is 0.490 e. The Morgan fingerprint density at radius 2 is 1.61 bits per heavy atom. The standard InChI is InChI=1S/C23H25N5O2.2C2HF3O2/c1-26-11-12-27(15-18-6-5-13-30-18)16-21(26)23-20-10-9-17(14-28(20)25-24-23)19-7-3-4-8-22(19)29-2;2*3-2(4,5)1(6)7/h3-10,13-14,21H,11-12,15-16H2,1-2H3;2*(H,6,7). The van der Waals surface area contributed by atoms with Crippen molar-refractivity contribution >= 4 is 17.5 Å². The molecule has 1 aromatic carbocycles. The van der Waals surface area contributed by atoms with Crippen molar-refractivity contribution in [1.29, 1.82) is 0 Å². The Kier molecular flexibility index (Phi) is 10.9. The molecule has 0 aliphatic carbocycles. The Balaban J connectivity index is 0.000000317. The first-order chi connectivity index (χ1) is 20.6. The summed E-state index contributed by atoms with van der Waals surface area (Å²) in [6.45, 7) is 3.68. The number of fused-ring (bicyclic) bond motifs is 1. The van der Waals surface area contributed by atoms with Crippen molar-refractivity contribution in [3.63, 3.8) is 0 Å². The van der Waals surface area contributed by atoms with Crippen LogP contribution in [0.3, 0.4) is 0 Å². The van der Waals surface area contributed by atoms with E-state index >= 15 is 0 Å². The third-order valence-corrected chi connectivity index (χ3v) is 6.35. The molecule has 1 aliphatic rings. The Hall–Kier alpha value is -4.64. The molecule has 238 valence electrons. The molecule has 0 amide bonds. The van der Waals surface area contributed by atoms with Crippen LogP contribution in [0, 0.1) is 0 Å². The zero-order chi connectivity index (χ0) is 32.7. The van der Waals surface area contributed by atoms with Gasteiger partial charge in [-0.3, -0.25) is 9.80 Å². The summed E-state index contributed by atoms with van der Waals surface area (Å²) in [6, 6.07) is 16.4. The van der Waals surface area contributed by atoms with Gasteiger partial charge >= 0.3 is 24.3 Å². The van der Waals surface area contributed by atoms with Crippen LogP contribution < -0.4 is 4.74 Å². The molecule has 4 heterocycles. The Labute approximate surface area is 245 Å². The molecule has 1 aliphatic heterocycles. The predicted molar refractivity (Wildman–Crippen MR) is 142 cm³/mol. The molecule has 0 saturated carbocycles. The third kappa shape index (κ3) is 8.93. The van der Waals surface area contributed by atoms with Crippen molar-refractivity contribution in [3.8, 4) is 16.9 Å². The third-order valence-electron chi connectivity index (χ3n) is 6.35. The lowest BCUT2D eigenvalue weighted by atomic mass is 10.0. The highest BCUT2D eigenvalue weighted by Crippen LogP contribution is 2.32. The second kappa shape index (κ2) is 14.2. The highest BCUT2D eigenvalue weighted by molar-refractivity contribution is 5.73. The lowest BCUT2D eigenvalue weighted by molar-refractivity contribution is -0.193. The first-order valence-electron chi connectivity index (χ1n) is 12.6. The number of methoxy groups -OCH3 is 1. The molecule has 5 rings (SSSR count). The van der Waals surface area contributed by atoms with Gasteiger partial charge < -0.3 is 19.4 Å². The first-order valence-corrected chi connectivity index (χ1v) is 12.6. The van der Waals surface area contributed by atoms with Crippen molar-refractivity contribution in [1.82, 2.24) is 24.6 Å². The average Bonchev–Trinajstić information content (AvgIpc) is 3.63. The van der Waals surface area contributed by atoms with E-state index in [0.717, 1.165) is 60.0 Å². The smallest absolute Gasteiger partial charge is 0.490 e. The monoisotopic (exact) mass is 631 g/mol.